The van der Waals surface area contributed by atoms with Crippen LogP contribution in [0, 0.1) is 0 Å². The number of unbranched alkanes of at least 4 members (excludes halogenated alkanes) is 1. The van der Waals surface area contributed by atoms with Crippen molar-refractivity contribution in [2.75, 3.05) is 6.61 Å². The lowest BCUT2D eigenvalue weighted by Gasteiger charge is -2.08. The van der Waals surface area contributed by atoms with E-state index >= 15 is 0 Å². The van der Waals surface area contributed by atoms with Gasteiger partial charge in [0.2, 0.25) is 5.75 Å². The molecular formula is C15H14O4. The van der Waals surface area contributed by atoms with Crippen LogP contribution in [0.3, 0.4) is 0 Å². The molecule has 0 N–H and O–H groups in total. The highest BCUT2D eigenvalue weighted by Crippen LogP contribution is 2.34. The molecule has 3 rings (SSSR count). The lowest BCUT2D eigenvalue weighted by atomic mass is 10.1. The summed E-state index contributed by atoms with van der Waals surface area (Å²) < 4.78 is 16.5. The maximum atomic E-state index is 11.4. The van der Waals surface area contributed by atoms with Crippen LogP contribution in [0.25, 0.3) is 21.9 Å². The third-order valence-electron chi connectivity index (χ3n) is 3.03. The lowest BCUT2D eigenvalue weighted by molar-refractivity contribution is 0.306. The van der Waals surface area contributed by atoms with Crippen LogP contribution in [-0.2, 0) is 0 Å². The summed E-state index contributed by atoms with van der Waals surface area (Å²) in [5.74, 6) is 0.517. The third-order valence-corrected chi connectivity index (χ3v) is 3.03. The molecule has 0 bridgehead atoms. The molecule has 98 valence electrons. The third kappa shape index (κ3) is 2.10. The van der Waals surface area contributed by atoms with Gasteiger partial charge in [-0.15, -0.1) is 0 Å². The summed E-state index contributed by atoms with van der Waals surface area (Å²) in [5.41, 5.74) is 0.683. The molecule has 0 spiro atoms. The van der Waals surface area contributed by atoms with Gasteiger partial charge in [-0.3, -0.25) is 0 Å². The van der Waals surface area contributed by atoms with E-state index in [9.17, 15) is 4.79 Å². The minimum absolute atomic E-state index is 0.390. The van der Waals surface area contributed by atoms with Crippen LogP contribution in [0.5, 0.6) is 5.75 Å². The maximum absolute atomic E-state index is 11.4. The van der Waals surface area contributed by atoms with Crippen molar-refractivity contribution in [1.29, 1.82) is 0 Å². The highest BCUT2D eigenvalue weighted by Gasteiger charge is 2.14. The lowest BCUT2D eigenvalue weighted by Crippen LogP contribution is -2.00. The van der Waals surface area contributed by atoms with E-state index in [2.05, 4.69) is 6.92 Å². The highest BCUT2D eigenvalue weighted by molar-refractivity contribution is 5.99. The molecular weight excluding hydrogens is 244 g/mol. The second kappa shape index (κ2) is 4.80. The Balaban J connectivity index is 2.23. The standard InChI is InChI=1S/C15H14O4/c1-2-3-7-17-15-13-11(6-8-18-13)9-10-4-5-12(16)19-14(10)15/h4-6,8-9H,2-3,7H2,1H3. The minimum atomic E-state index is -0.390. The fourth-order valence-electron chi connectivity index (χ4n) is 2.06. The van der Waals surface area contributed by atoms with Crippen LogP contribution in [0.15, 0.2) is 44.2 Å². The van der Waals surface area contributed by atoms with Gasteiger partial charge in [0, 0.05) is 16.8 Å². The molecule has 2 aromatic heterocycles. The molecule has 19 heavy (non-hydrogen) atoms. The molecule has 0 atom stereocenters. The largest absolute Gasteiger partial charge is 0.486 e. The first kappa shape index (κ1) is 11.8. The summed E-state index contributed by atoms with van der Waals surface area (Å²) >= 11 is 0. The van der Waals surface area contributed by atoms with Crippen LogP contribution in [-0.4, -0.2) is 6.61 Å². The van der Waals surface area contributed by atoms with E-state index in [1.165, 1.54) is 6.07 Å². The van der Waals surface area contributed by atoms with Gasteiger partial charge in [-0.1, -0.05) is 13.3 Å². The Morgan fingerprint density at radius 3 is 2.84 bits per heavy atom. The second-order valence-corrected chi connectivity index (χ2v) is 4.42. The average Bonchev–Trinajstić information content (AvgIpc) is 2.86. The van der Waals surface area contributed by atoms with Gasteiger partial charge in [-0.05, 0) is 24.6 Å². The van der Waals surface area contributed by atoms with Gasteiger partial charge in [-0.25, -0.2) is 4.79 Å². The smallest absolute Gasteiger partial charge is 0.336 e. The van der Waals surface area contributed by atoms with Gasteiger partial charge >= 0.3 is 5.63 Å². The SMILES string of the molecule is CCCCOc1c2occc2cc2ccc(=O)oc12. The van der Waals surface area contributed by atoms with Gasteiger partial charge in [0.05, 0.1) is 12.9 Å². The van der Waals surface area contributed by atoms with Crippen LogP contribution in [0.2, 0.25) is 0 Å². The van der Waals surface area contributed by atoms with Crippen molar-refractivity contribution in [3.8, 4) is 5.75 Å². The van der Waals surface area contributed by atoms with Crippen molar-refractivity contribution in [3.05, 3.63) is 40.9 Å². The normalized spacial score (nSPS) is 11.2. The summed E-state index contributed by atoms with van der Waals surface area (Å²) in [5, 5.41) is 1.77. The summed E-state index contributed by atoms with van der Waals surface area (Å²) in [6.07, 6.45) is 3.58. The number of fused-ring (bicyclic) bond motifs is 2. The Labute approximate surface area is 109 Å². The van der Waals surface area contributed by atoms with Crippen LogP contribution < -0.4 is 10.4 Å². The van der Waals surface area contributed by atoms with Crippen molar-refractivity contribution in [3.63, 3.8) is 0 Å². The Morgan fingerprint density at radius 1 is 1.16 bits per heavy atom. The first-order valence-corrected chi connectivity index (χ1v) is 6.36. The summed E-state index contributed by atoms with van der Waals surface area (Å²) in [7, 11) is 0. The molecule has 0 amide bonds. The number of benzene rings is 1. The van der Waals surface area contributed by atoms with Crippen molar-refractivity contribution in [2.24, 2.45) is 0 Å². The monoisotopic (exact) mass is 258 g/mol. The predicted octanol–water partition coefficient (Wildman–Crippen LogP) is 3.72. The Hall–Kier alpha value is -2.23. The molecule has 0 unspecified atom stereocenters. The zero-order valence-electron chi connectivity index (χ0n) is 10.6. The van der Waals surface area contributed by atoms with Crippen molar-refractivity contribution < 1.29 is 13.6 Å². The van der Waals surface area contributed by atoms with E-state index in [1.54, 1.807) is 12.3 Å². The van der Waals surface area contributed by atoms with Crippen LogP contribution in [0.4, 0.5) is 0 Å². The zero-order chi connectivity index (χ0) is 13.2. The van der Waals surface area contributed by atoms with Gasteiger partial charge in [0.15, 0.2) is 11.2 Å². The van der Waals surface area contributed by atoms with Gasteiger partial charge in [-0.2, -0.15) is 0 Å². The maximum Gasteiger partial charge on any atom is 0.336 e. The minimum Gasteiger partial charge on any atom is -0.486 e. The predicted molar refractivity (Wildman–Crippen MR) is 72.7 cm³/mol. The number of hydrogen-bond acceptors (Lipinski definition) is 4. The molecule has 0 aliphatic heterocycles. The van der Waals surface area contributed by atoms with E-state index in [4.69, 9.17) is 13.6 Å². The first-order chi connectivity index (χ1) is 9.29. The Kier molecular flexibility index (Phi) is 2.99. The summed E-state index contributed by atoms with van der Waals surface area (Å²) in [6.45, 7) is 2.67. The Morgan fingerprint density at radius 2 is 2.00 bits per heavy atom. The topological polar surface area (TPSA) is 52.6 Å². The molecule has 0 saturated heterocycles. The van der Waals surface area contributed by atoms with Crippen molar-refractivity contribution in [1.82, 2.24) is 0 Å². The number of hydrogen-bond donors (Lipinski definition) is 0. The van der Waals surface area contributed by atoms with E-state index in [1.807, 2.05) is 12.1 Å². The van der Waals surface area contributed by atoms with E-state index in [0.29, 0.717) is 23.5 Å². The number of rotatable bonds is 4. The highest BCUT2D eigenvalue weighted by atomic mass is 16.5. The summed E-state index contributed by atoms with van der Waals surface area (Å²) in [4.78, 5) is 11.4. The quantitative estimate of drug-likeness (QED) is 0.528. The van der Waals surface area contributed by atoms with E-state index in [-0.39, 0.29) is 0 Å². The molecule has 0 radical (unpaired) electrons. The van der Waals surface area contributed by atoms with E-state index in [0.717, 1.165) is 23.6 Å². The molecule has 0 aliphatic rings. The van der Waals surface area contributed by atoms with Crippen molar-refractivity contribution >= 4 is 21.9 Å². The fourth-order valence-corrected chi connectivity index (χ4v) is 2.06. The molecule has 1 aromatic carbocycles. The van der Waals surface area contributed by atoms with E-state index < -0.39 is 5.63 Å². The molecule has 3 aromatic rings. The molecule has 4 heteroatoms. The molecule has 0 aliphatic carbocycles. The number of ether oxygens (including phenoxy) is 1. The van der Waals surface area contributed by atoms with Crippen molar-refractivity contribution in [2.45, 2.75) is 19.8 Å². The average molecular weight is 258 g/mol. The van der Waals surface area contributed by atoms with Crippen LogP contribution in [0.1, 0.15) is 19.8 Å². The molecule has 2 heterocycles. The van der Waals surface area contributed by atoms with Gasteiger partial charge < -0.3 is 13.6 Å². The van der Waals surface area contributed by atoms with Gasteiger partial charge in [0.1, 0.15) is 0 Å². The molecule has 0 fully saturated rings. The first-order valence-electron chi connectivity index (χ1n) is 6.36. The zero-order valence-corrected chi connectivity index (χ0v) is 10.6. The number of furan rings is 1. The van der Waals surface area contributed by atoms with Crippen LogP contribution >= 0.6 is 0 Å². The van der Waals surface area contributed by atoms with Gasteiger partial charge in [0.25, 0.3) is 0 Å². The fraction of sp³-hybridized carbons (Fsp3) is 0.267. The Bertz CT molecular complexity index is 767. The molecule has 0 saturated carbocycles. The second-order valence-electron chi connectivity index (χ2n) is 4.42. The summed E-state index contributed by atoms with van der Waals surface area (Å²) in [6, 6.07) is 6.93. The molecule has 4 nitrogen and oxygen atoms in total.